The van der Waals surface area contributed by atoms with Crippen LogP contribution in [-0.4, -0.2) is 10.9 Å². The lowest BCUT2D eigenvalue weighted by Crippen LogP contribution is -1.84. The molecule has 24 heavy (non-hydrogen) atoms. The molecule has 0 amide bonds. The number of phenols is 1. The molecule has 1 rings (SSSR count). The second-order valence-electron chi connectivity index (χ2n) is 6.91. The zero-order valence-electron chi connectivity index (χ0n) is 15.8. The van der Waals surface area contributed by atoms with Crippen LogP contribution in [0, 0.1) is 0 Å². The van der Waals surface area contributed by atoms with Gasteiger partial charge in [-0.05, 0) is 24.3 Å². The minimum absolute atomic E-state index is 0.424. The fraction of sp³-hybridized carbons (Fsp3) is 0.727. The number of aromatic hydroxyl groups is 1. The molecule has 1 aromatic rings. The topological polar surface area (TPSA) is 20.2 Å². The van der Waals surface area contributed by atoms with Gasteiger partial charge in [0.25, 0.3) is 0 Å². The average molecular weight is 351 g/mol. The van der Waals surface area contributed by atoms with Gasteiger partial charge in [0.1, 0.15) is 5.75 Å². The molecular formula is C22H38OS. The summed E-state index contributed by atoms with van der Waals surface area (Å²) < 4.78 is 0. The molecule has 0 aliphatic heterocycles. The van der Waals surface area contributed by atoms with Gasteiger partial charge >= 0.3 is 0 Å². The Morgan fingerprint density at radius 3 is 1.62 bits per heavy atom. The second-order valence-corrected chi connectivity index (χ2v) is 8.05. The summed E-state index contributed by atoms with van der Waals surface area (Å²) in [4.78, 5) is 1.02. The van der Waals surface area contributed by atoms with E-state index in [-0.39, 0.29) is 0 Å². The number of para-hydroxylation sites is 1. The van der Waals surface area contributed by atoms with Crippen LogP contribution in [0.25, 0.3) is 0 Å². The van der Waals surface area contributed by atoms with Crippen LogP contribution in [-0.2, 0) is 0 Å². The summed E-state index contributed by atoms with van der Waals surface area (Å²) in [5, 5.41) is 9.70. The van der Waals surface area contributed by atoms with Gasteiger partial charge in [-0.2, -0.15) is 0 Å². The molecule has 0 spiro atoms. The third-order valence-electron chi connectivity index (χ3n) is 4.62. The molecule has 2 heteroatoms. The fourth-order valence-corrected chi connectivity index (χ4v) is 4.02. The van der Waals surface area contributed by atoms with Crippen molar-refractivity contribution in [1.29, 1.82) is 0 Å². The monoisotopic (exact) mass is 350 g/mol. The van der Waals surface area contributed by atoms with Crippen LogP contribution in [0.4, 0.5) is 0 Å². The summed E-state index contributed by atoms with van der Waals surface area (Å²) in [6, 6.07) is 7.65. The standard InChI is InChI=1S/C22H38OS/c1-2-3-4-5-6-7-8-9-10-11-12-13-14-17-20-24-22-19-16-15-18-21(22)23/h15-16,18-19,23H,2-14,17,20H2,1H3. The lowest BCUT2D eigenvalue weighted by atomic mass is 10.0. The molecule has 0 unspecified atom stereocenters. The van der Waals surface area contributed by atoms with Crippen molar-refractivity contribution in [3.8, 4) is 5.75 Å². The van der Waals surface area contributed by atoms with Crippen molar-refractivity contribution in [2.24, 2.45) is 0 Å². The Morgan fingerprint density at radius 1 is 0.667 bits per heavy atom. The first-order chi connectivity index (χ1) is 11.8. The van der Waals surface area contributed by atoms with Gasteiger partial charge < -0.3 is 5.11 Å². The normalized spacial score (nSPS) is 11.0. The largest absolute Gasteiger partial charge is 0.507 e. The third kappa shape index (κ3) is 11.8. The average Bonchev–Trinajstić information content (AvgIpc) is 2.60. The number of thioether (sulfide) groups is 1. The summed E-state index contributed by atoms with van der Waals surface area (Å²) >= 11 is 1.78. The molecule has 0 fully saturated rings. The second kappa shape index (κ2) is 15.9. The van der Waals surface area contributed by atoms with Crippen molar-refractivity contribution < 1.29 is 5.11 Å². The van der Waals surface area contributed by atoms with Gasteiger partial charge in [0.15, 0.2) is 0 Å². The number of hydrogen-bond donors (Lipinski definition) is 1. The van der Waals surface area contributed by atoms with E-state index in [1.165, 1.54) is 89.9 Å². The van der Waals surface area contributed by atoms with E-state index in [1.54, 1.807) is 17.8 Å². The molecule has 0 aliphatic rings. The SMILES string of the molecule is CCCCCCCCCCCCCCCCSc1ccccc1O. The number of hydrogen-bond acceptors (Lipinski definition) is 2. The summed E-state index contributed by atoms with van der Waals surface area (Å²) in [5.74, 6) is 1.54. The molecule has 0 heterocycles. The fourth-order valence-electron chi connectivity index (χ4n) is 3.06. The van der Waals surface area contributed by atoms with Crippen molar-refractivity contribution in [1.82, 2.24) is 0 Å². The molecule has 0 aliphatic carbocycles. The zero-order chi connectivity index (χ0) is 17.3. The molecule has 0 radical (unpaired) electrons. The van der Waals surface area contributed by atoms with Gasteiger partial charge in [0, 0.05) is 4.90 Å². The van der Waals surface area contributed by atoms with Crippen LogP contribution in [0.3, 0.4) is 0 Å². The van der Waals surface area contributed by atoms with Crippen molar-refractivity contribution in [3.05, 3.63) is 24.3 Å². The van der Waals surface area contributed by atoms with E-state index in [0.717, 1.165) is 10.6 Å². The highest BCUT2D eigenvalue weighted by atomic mass is 32.2. The molecule has 138 valence electrons. The van der Waals surface area contributed by atoms with Gasteiger partial charge in [0.2, 0.25) is 0 Å². The van der Waals surface area contributed by atoms with E-state index in [2.05, 4.69) is 6.92 Å². The summed E-state index contributed by atoms with van der Waals surface area (Å²) in [6.07, 6.45) is 19.7. The van der Waals surface area contributed by atoms with Crippen molar-refractivity contribution in [2.45, 2.75) is 102 Å². The molecule has 1 N–H and O–H groups in total. The van der Waals surface area contributed by atoms with E-state index in [0.29, 0.717) is 5.75 Å². The van der Waals surface area contributed by atoms with Crippen LogP contribution in [0.15, 0.2) is 29.2 Å². The number of rotatable bonds is 16. The van der Waals surface area contributed by atoms with Crippen LogP contribution in [0.5, 0.6) is 5.75 Å². The Labute approximate surface area is 154 Å². The third-order valence-corrected chi connectivity index (χ3v) is 5.77. The minimum atomic E-state index is 0.424. The van der Waals surface area contributed by atoms with Crippen LogP contribution in [0.2, 0.25) is 0 Å². The highest BCUT2D eigenvalue weighted by Gasteiger charge is 1.99. The van der Waals surface area contributed by atoms with Gasteiger partial charge in [-0.15, -0.1) is 11.8 Å². The minimum Gasteiger partial charge on any atom is -0.507 e. The van der Waals surface area contributed by atoms with Crippen LogP contribution < -0.4 is 0 Å². The summed E-state index contributed by atoms with van der Waals surface area (Å²) in [5.41, 5.74) is 0. The molecule has 0 aromatic heterocycles. The van der Waals surface area contributed by atoms with E-state index < -0.39 is 0 Å². The Hall–Kier alpha value is -0.630. The zero-order valence-corrected chi connectivity index (χ0v) is 16.6. The predicted molar refractivity (Wildman–Crippen MR) is 109 cm³/mol. The van der Waals surface area contributed by atoms with Gasteiger partial charge in [-0.25, -0.2) is 0 Å². The number of benzene rings is 1. The van der Waals surface area contributed by atoms with Gasteiger partial charge in [-0.3, -0.25) is 0 Å². The Bertz CT molecular complexity index is 391. The Balaban J connectivity index is 1.77. The molecule has 1 nitrogen and oxygen atoms in total. The molecule has 0 saturated heterocycles. The first-order valence-corrected chi connectivity index (χ1v) is 11.2. The maximum atomic E-state index is 9.70. The smallest absolute Gasteiger partial charge is 0.129 e. The van der Waals surface area contributed by atoms with Gasteiger partial charge in [-0.1, -0.05) is 103 Å². The van der Waals surface area contributed by atoms with Crippen LogP contribution in [0.1, 0.15) is 96.8 Å². The van der Waals surface area contributed by atoms with Crippen molar-refractivity contribution in [2.75, 3.05) is 5.75 Å². The highest BCUT2D eigenvalue weighted by Crippen LogP contribution is 2.28. The Morgan fingerprint density at radius 2 is 1.12 bits per heavy atom. The molecule has 0 saturated carbocycles. The van der Waals surface area contributed by atoms with E-state index in [9.17, 15) is 5.11 Å². The number of phenolic OH excluding ortho intramolecular Hbond substituents is 1. The van der Waals surface area contributed by atoms with Gasteiger partial charge in [0.05, 0.1) is 0 Å². The number of unbranched alkanes of at least 4 members (excludes halogenated alkanes) is 13. The molecule has 0 bridgehead atoms. The molecular weight excluding hydrogens is 312 g/mol. The molecule has 0 atom stereocenters. The lowest BCUT2D eigenvalue weighted by molar-refractivity contribution is 0.462. The summed E-state index contributed by atoms with van der Waals surface area (Å²) in [6.45, 7) is 2.28. The van der Waals surface area contributed by atoms with E-state index in [1.807, 2.05) is 18.2 Å². The lowest BCUT2D eigenvalue weighted by Gasteiger charge is -2.04. The van der Waals surface area contributed by atoms with Crippen LogP contribution >= 0.6 is 11.8 Å². The van der Waals surface area contributed by atoms with E-state index in [4.69, 9.17) is 0 Å². The quantitative estimate of drug-likeness (QED) is 0.241. The van der Waals surface area contributed by atoms with Crippen molar-refractivity contribution >= 4 is 11.8 Å². The first-order valence-electron chi connectivity index (χ1n) is 10.3. The first kappa shape index (κ1) is 21.4. The maximum absolute atomic E-state index is 9.70. The maximum Gasteiger partial charge on any atom is 0.129 e. The summed E-state index contributed by atoms with van der Waals surface area (Å²) in [7, 11) is 0. The molecule has 1 aromatic carbocycles. The van der Waals surface area contributed by atoms with E-state index >= 15 is 0 Å². The predicted octanol–water partition coefficient (Wildman–Crippen LogP) is 7.97. The highest BCUT2D eigenvalue weighted by molar-refractivity contribution is 7.99. The van der Waals surface area contributed by atoms with Crippen molar-refractivity contribution in [3.63, 3.8) is 0 Å². The Kier molecular flexibility index (Phi) is 14.2.